The van der Waals surface area contributed by atoms with E-state index in [1.165, 1.54) is 44.7 Å². The first kappa shape index (κ1) is 24.3. The van der Waals surface area contributed by atoms with Crippen LogP contribution < -0.4 is 4.90 Å². The Morgan fingerprint density at radius 3 is 2.32 bits per heavy atom. The number of aromatic nitrogens is 1. The third-order valence-electron chi connectivity index (χ3n) is 6.30. The van der Waals surface area contributed by atoms with Gasteiger partial charge < -0.3 is 18.9 Å². The number of esters is 2. The summed E-state index contributed by atoms with van der Waals surface area (Å²) >= 11 is 0. The fourth-order valence-electron chi connectivity index (χ4n) is 4.49. The lowest BCUT2D eigenvalue weighted by Gasteiger charge is -2.26. The van der Waals surface area contributed by atoms with E-state index in [-0.39, 0.29) is 26.8 Å². The van der Waals surface area contributed by atoms with Crippen LogP contribution in [-0.2, 0) is 35.9 Å². The van der Waals surface area contributed by atoms with Gasteiger partial charge in [0.2, 0.25) is 9.84 Å². The number of aryl methyl sites for hydroxylation is 2. The van der Waals surface area contributed by atoms with E-state index in [2.05, 4.69) is 4.99 Å². The van der Waals surface area contributed by atoms with Crippen molar-refractivity contribution in [2.45, 2.75) is 11.8 Å². The van der Waals surface area contributed by atoms with E-state index in [9.17, 15) is 18.0 Å². The summed E-state index contributed by atoms with van der Waals surface area (Å²) < 4.78 is 38.8. The number of carbonyl (C=O) groups excluding carboxylic acids is 2. The maximum absolute atomic E-state index is 13.5. The number of ether oxygens (including phenoxy) is 2. The molecule has 0 bridgehead atoms. The van der Waals surface area contributed by atoms with Crippen molar-refractivity contribution in [3.05, 3.63) is 88.6 Å². The van der Waals surface area contributed by atoms with Crippen LogP contribution in [0.25, 0.3) is 10.9 Å². The fraction of sp³-hybridized carbons (Fsp3) is 0.148. The van der Waals surface area contributed by atoms with Crippen LogP contribution in [0.2, 0.25) is 0 Å². The molecule has 2 aliphatic heterocycles. The molecule has 3 aromatic rings. The Balaban J connectivity index is 1.88. The van der Waals surface area contributed by atoms with Crippen molar-refractivity contribution < 1.29 is 27.5 Å². The molecule has 0 spiro atoms. The molecule has 0 N–H and O–H groups in total. The summed E-state index contributed by atoms with van der Waals surface area (Å²) in [6.45, 7) is 1.94. The number of rotatable bonds is 4. The van der Waals surface area contributed by atoms with Crippen LogP contribution in [0, 0.1) is 6.92 Å². The van der Waals surface area contributed by atoms with E-state index in [1.807, 2.05) is 25.1 Å². The van der Waals surface area contributed by atoms with E-state index >= 15 is 0 Å². The van der Waals surface area contributed by atoms with E-state index in [0.717, 1.165) is 16.5 Å². The third kappa shape index (κ3) is 3.77. The third-order valence-corrected chi connectivity index (χ3v) is 8.06. The summed E-state index contributed by atoms with van der Waals surface area (Å²) in [4.78, 5) is 32.2. The first-order valence-electron chi connectivity index (χ1n) is 11.3. The van der Waals surface area contributed by atoms with E-state index in [0.29, 0.717) is 11.5 Å². The summed E-state index contributed by atoms with van der Waals surface area (Å²) in [6.07, 6.45) is 4.31. The predicted molar refractivity (Wildman–Crippen MR) is 139 cm³/mol. The molecular formula is C27H23N3O6S. The van der Waals surface area contributed by atoms with Crippen LogP contribution in [0.1, 0.15) is 5.56 Å². The number of allylic oxidation sites excluding steroid dienone is 2. The molecule has 37 heavy (non-hydrogen) atoms. The van der Waals surface area contributed by atoms with Gasteiger partial charge in [-0.1, -0.05) is 29.8 Å². The molecule has 0 amide bonds. The van der Waals surface area contributed by atoms with Crippen molar-refractivity contribution in [1.82, 2.24) is 4.57 Å². The first-order chi connectivity index (χ1) is 17.7. The average molecular weight is 518 g/mol. The van der Waals surface area contributed by atoms with Crippen LogP contribution in [0.4, 0.5) is 11.5 Å². The zero-order chi connectivity index (χ0) is 26.5. The van der Waals surface area contributed by atoms with Crippen LogP contribution in [-0.4, -0.2) is 44.9 Å². The van der Waals surface area contributed by atoms with Gasteiger partial charge in [0.25, 0.3) is 0 Å². The van der Waals surface area contributed by atoms with Crippen molar-refractivity contribution in [3.63, 3.8) is 0 Å². The van der Waals surface area contributed by atoms with Gasteiger partial charge in [0.05, 0.1) is 40.9 Å². The van der Waals surface area contributed by atoms with Gasteiger partial charge in [-0.2, -0.15) is 0 Å². The van der Waals surface area contributed by atoms with Crippen molar-refractivity contribution in [2.75, 3.05) is 19.1 Å². The van der Waals surface area contributed by atoms with E-state index < -0.39 is 21.8 Å². The van der Waals surface area contributed by atoms with Crippen LogP contribution in [0.15, 0.2) is 92.9 Å². The predicted octanol–water partition coefficient (Wildman–Crippen LogP) is 3.86. The quantitative estimate of drug-likeness (QED) is 0.484. The molecule has 5 rings (SSSR count). The van der Waals surface area contributed by atoms with Crippen LogP contribution in [0.5, 0.6) is 0 Å². The Hall–Kier alpha value is -4.44. The van der Waals surface area contributed by atoms with Crippen LogP contribution in [0.3, 0.4) is 0 Å². The second-order valence-electron chi connectivity index (χ2n) is 8.51. The van der Waals surface area contributed by atoms with Gasteiger partial charge in [0.15, 0.2) is 11.5 Å². The summed E-state index contributed by atoms with van der Waals surface area (Å²) in [7, 11) is 0.268. The Morgan fingerprint density at radius 2 is 1.65 bits per heavy atom. The van der Waals surface area contributed by atoms with Gasteiger partial charge in [-0.3, -0.25) is 0 Å². The molecule has 0 atom stereocenters. The monoisotopic (exact) mass is 517 g/mol. The highest BCUT2D eigenvalue weighted by atomic mass is 32.2. The summed E-state index contributed by atoms with van der Waals surface area (Å²) in [5.74, 6) is -1.30. The summed E-state index contributed by atoms with van der Waals surface area (Å²) in [6, 6.07) is 13.9. The fourth-order valence-corrected chi connectivity index (χ4v) is 5.77. The van der Waals surface area contributed by atoms with Gasteiger partial charge in [-0.05, 0) is 43.3 Å². The second-order valence-corrected chi connectivity index (χ2v) is 10.5. The number of hydrogen-bond acceptors (Lipinski definition) is 8. The molecule has 0 radical (unpaired) electrons. The van der Waals surface area contributed by atoms with Crippen LogP contribution >= 0.6 is 0 Å². The molecule has 0 aliphatic carbocycles. The number of aliphatic imine (C=N–C) groups is 1. The number of methoxy groups -OCH3 is 2. The minimum Gasteiger partial charge on any atom is -0.465 e. The topological polar surface area (TPSA) is 107 Å². The van der Waals surface area contributed by atoms with E-state index in [1.54, 1.807) is 34.7 Å². The molecule has 0 unspecified atom stereocenters. The number of nitrogens with zero attached hydrogens (tertiary/aromatic N) is 3. The molecule has 0 saturated heterocycles. The lowest BCUT2D eigenvalue weighted by atomic mass is 10.0. The maximum atomic E-state index is 13.5. The lowest BCUT2D eigenvalue weighted by molar-refractivity contribution is -0.137. The average Bonchev–Trinajstić information content (AvgIpc) is 3.08. The number of sulfone groups is 1. The Kier molecular flexibility index (Phi) is 5.83. The van der Waals surface area contributed by atoms with Crippen molar-refractivity contribution in [3.8, 4) is 0 Å². The minimum absolute atomic E-state index is 0.00351. The number of benzene rings is 2. The van der Waals surface area contributed by atoms with Crippen molar-refractivity contribution in [1.29, 1.82) is 0 Å². The maximum Gasteiger partial charge on any atom is 0.357 e. The number of anilines is 1. The molecule has 9 nitrogen and oxygen atoms in total. The second kappa shape index (κ2) is 8.90. The number of hydrogen-bond donors (Lipinski definition) is 0. The summed E-state index contributed by atoms with van der Waals surface area (Å²) in [5, 5.41) is 0.761. The molecular weight excluding hydrogens is 494 g/mol. The van der Waals surface area contributed by atoms with Gasteiger partial charge in [0.1, 0.15) is 5.57 Å². The Morgan fingerprint density at radius 1 is 0.946 bits per heavy atom. The van der Waals surface area contributed by atoms with Gasteiger partial charge in [-0.25, -0.2) is 23.0 Å². The van der Waals surface area contributed by atoms with Gasteiger partial charge in [0, 0.05) is 18.6 Å². The highest BCUT2D eigenvalue weighted by Gasteiger charge is 2.37. The van der Waals surface area contributed by atoms with Crippen molar-refractivity contribution >= 4 is 49.9 Å². The molecule has 188 valence electrons. The molecule has 10 heteroatoms. The summed E-state index contributed by atoms with van der Waals surface area (Å²) in [5.41, 5.74) is 2.13. The molecule has 3 heterocycles. The Labute approximate surface area is 213 Å². The zero-order valence-electron chi connectivity index (χ0n) is 20.6. The molecule has 2 aliphatic rings. The molecule has 1 aromatic heterocycles. The normalized spacial score (nSPS) is 15.0. The molecule has 0 fully saturated rings. The van der Waals surface area contributed by atoms with Gasteiger partial charge in [-0.15, -0.1) is 0 Å². The molecule has 0 saturated carbocycles. The first-order valence-corrected chi connectivity index (χ1v) is 12.8. The SMILES string of the molecule is COC(=O)C1=Nc2c(c3cc(C)ccc3n2C)N2C=C(S(=O)(=O)c3ccccc3)C=CC2=C1C(=O)OC. The Bertz CT molecular complexity index is 1710. The zero-order valence-corrected chi connectivity index (χ0v) is 21.4. The molecule has 2 aromatic carbocycles. The van der Waals surface area contributed by atoms with E-state index in [4.69, 9.17) is 9.47 Å². The standard InChI is InChI=1S/C27H23N3O6S/c1-16-10-12-20-19(14-16)24-25(29(20)2)28-23(27(32)36-4)22(26(31)35-3)21-13-11-18(15-30(21)24)37(33,34)17-8-6-5-7-9-17/h5-15H,1-4H3. The largest absolute Gasteiger partial charge is 0.465 e. The van der Waals surface area contributed by atoms with Gasteiger partial charge >= 0.3 is 11.9 Å². The lowest BCUT2D eigenvalue weighted by Crippen LogP contribution is -2.29. The minimum atomic E-state index is -3.90. The smallest absolute Gasteiger partial charge is 0.357 e. The number of carbonyl (C=O) groups is 2. The highest BCUT2D eigenvalue weighted by molar-refractivity contribution is 7.95. The number of fused-ring (bicyclic) bond motifs is 5. The van der Waals surface area contributed by atoms with Crippen molar-refractivity contribution in [2.24, 2.45) is 12.0 Å². The highest BCUT2D eigenvalue weighted by Crippen LogP contribution is 2.46.